The first kappa shape index (κ1) is 30.6. The summed E-state index contributed by atoms with van der Waals surface area (Å²) in [4.78, 5) is 25.6. The van der Waals surface area contributed by atoms with Crippen LogP contribution in [0.4, 0.5) is 0 Å². The first-order chi connectivity index (χ1) is 17.5. The zero-order chi connectivity index (χ0) is 28.5. The summed E-state index contributed by atoms with van der Waals surface area (Å²) in [7, 11) is -6.48. The topological polar surface area (TPSA) is 122 Å². The second-order valence-electron chi connectivity index (χ2n) is 11.0. The molecular weight excluding hydrogens is 567 g/mol. The predicted octanol–water partition coefficient (Wildman–Crippen LogP) is 5.42. The molecule has 3 N–H and O–H groups in total. The average Bonchev–Trinajstić information content (AvgIpc) is 3.32. The second kappa shape index (κ2) is 11.7. The number of ketones is 1. The molecule has 8 nitrogen and oxygen atoms in total. The maximum Gasteiger partial charge on any atom is 0.316 e. The van der Waals surface area contributed by atoms with E-state index in [0.29, 0.717) is 24.3 Å². The Hall–Kier alpha value is -1.95. The maximum absolute atomic E-state index is 13.4. The molecule has 38 heavy (non-hydrogen) atoms. The van der Waals surface area contributed by atoms with Gasteiger partial charge >= 0.3 is 5.97 Å². The quantitative estimate of drug-likeness (QED) is 0.246. The number of carboxylic acids is 1. The molecule has 2 aromatic carbocycles. The van der Waals surface area contributed by atoms with Gasteiger partial charge in [-0.3, -0.25) is 9.59 Å². The molecule has 2 aromatic rings. The normalized spacial score (nSPS) is 18.1. The van der Waals surface area contributed by atoms with E-state index in [-0.39, 0.29) is 20.0 Å². The number of carbonyl (C=O) groups excluding carboxylic acids is 1. The minimum atomic E-state index is -4.33. The van der Waals surface area contributed by atoms with Gasteiger partial charge in [0.1, 0.15) is 11.7 Å². The summed E-state index contributed by atoms with van der Waals surface area (Å²) in [5, 5.41) is 13.3. The van der Waals surface area contributed by atoms with Crippen molar-refractivity contribution in [2.45, 2.75) is 68.7 Å². The Morgan fingerprint density at radius 3 is 2.16 bits per heavy atom. The van der Waals surface area contributed by atoms with Crippen LogP contribution in [0.15, 0.2) is 47.4 Å². The number of hydrogen-bond acceptors (Lipinski definition) is 6. The van der Waals surface area contributed by atoms with Crippen LogP contribution in [0, 0.1) is 5.92 Å². The number of halogens is 2. The molecule has 1 saturated heterocycles. The monoisotopic (exact) mass is 600 g/mol. The highest BCUT2D eigenvalue weighted by atomic mass is 35.5. The Morgan fingerprint density at radius 1 is 1.11 bits per heavy atom. The molecule has 1 heterocycles. The number of carbonyl (C=O) groups is 2. The van der Waals surface area contributed by atoms with E-state index in [0.717, 1.165) is 6.42 Å². The lowest BCUT2D eigenvalue weighted by Crippen LogP contribution is -2.46. The van der Waals surface area contributed by atoms with Gasteiger partial charge in [-0.2, -0.15) is 0 Å². The summed E-state index contributed by atoms with van der Waals surface area (Å²) in [6, 6.07) is 8.25. The molecule has 1 aliphatic rings. The van der Waals surface area contributed by atoms with Gasteiger partial charge < -0.3 is 14.8 Å². The Labute approximate surface area is 235 Å². The lowest BCUT2D eigenvalue weighted by Gasteiger charge is -2.36. The van der Waals surface area contributed by atoms with Crippen LogP contribution in [0.2, 0.25) is 28.2 Å². The molecule has 0 saturated carbocycles. The number of sulfonamides is 1. The maximum atomic E-state index is 13.4. The van der Waals surface area contributed by atoms with E-state index in [1.807, 2.05) is 0 Å². The zero-order valence-corrected chi connectivity index (χ0v) is 25.4. The first-order valence-electron chi connectivity index (χ1n) is 12.3. The minimum absolute atomic E-state index is 0.0445. The van der Waals surface area contributed by atoms with Gasteiger partial charge in [0, 0.05) is 10.0 Å². The molecule has 0 spiro atoms. The highest BCUT2D eigenvalue weighted by molar-refractivity contribution is 7.89. The van der Waals surface area contributed by atoms with Crippen molar-refractivity contribution in [2.24, 2.45) is 5.92 Å². The molecule has 1 fully saturated rings. The SMILES string of the molecule is CC(C)(C)[Si](C)(C)Oc1ccc([C@@H](NS(=O)(=O)c2cc(Cl)cc(Cl)c2)[C@H](C(=O)O)C(=O)C2CCCN2)cc1. The van der Waals surface area contributed by atoms with Gasteiger partial charge in [-0.05, 0) is 73.4 Å². The van der Waals surface area contributed by atoms with E-state index in [1.165, 1.54) is 18.2 Å². The summed E-state index contributed by atoms with van der Waals surface area (Å²) in [5.41, 5.74) is 0.308. The zero-order valence-electron chi connectivity index (χ0n) is 22.0. The van der Waals surface area contributed by atoms with Crippen molar-refractivity contribution in [3.8, 4) is 5.75 Å². The minimum Gasteiger partial charge on any atom is -0.544 e. The van der Waals surface area contributed by atoms with Gasteiger partial charge in [0.25, 0.3) is 0 Å². The molecule has 0 bridgehead atoms. The van der Waals surface area contributed by atoms with Crippen molar-refractivity contribution in [3.05, 3.63) is 58.1 Å². The van der Waals surface area contributed by atoms with Crippen molar-refractivity contribution >= 4 is 53.3 Å². The van der Waals surface area contributed by atoms with Gasteiger partial charge in [0.2, 0.25) is 18.3 Å². The number of rotatable bonds is 10. The van der Waals surface area contributed by atoms with Crippen LogP contribution in [-0.4, -0.2) is 46.2 Å². The molecule has 208 valence electrons. The molecule has 0 amide bonds. The Bertz CT molecular complexity index is 1270. The first-order valence-corrected chi connectivity index (χ1v) is 17.4. The summed E-state index contributed by atoms with van der Waals surface area (Å²) >= 11 is 12.0. The fourth-order valence-corrected chi connectivity index (χ4v) is 7.00. The van der Waals surface area contributed by atoms with Crippen LogP contribution >= 0.6 is 23.2 Å². The van der Waals surface area contributed by atoms with Gasteiger partial charge in [0.15, 0.2) is 5.78 Å². The van der Waals surface area contributed by atoms with Crippen LogP contribution in [0.1, 0.15) is 45.2 Å². The van der Waals surface area contributed by atoms with Gasteiger partial charge in [-0.15, -0.1) is 0 Å². The third-order valence-corrected chi connectivity index (χ3v) is 13.4. The van der Waals surface area contributed by atoms with Crippen LogP contribution in [0.3, 0.4) is 0 Å². The van der Waals surface area contributed by atoms with Crippen molar-refractivity contribution in [1.82, 2.24) is 10.0 Å². The summed E-state index contributed by atoms with van der Waals surface area (Å²) < 4.78 is 35.5. The fourth-order valence-electron chi connectivity index (χ4n) is 4.01. The molecule has 0 aliphatic carbocycles. The average molecular weight is 602 g/mol. The van der Waals surface area contributed by atoms with E-state index in [1.54, 1.807) is 24.3 Å². The lowest BCUT2D eigenvalue weighted by atomic mass is 9.86. The highest BCUT2D eigenvalue weighted by Gasteiger charge is 2.42. The summed E-state index contributed by atoms with van der Waals surface area (Å²) in [6.07, 6.45) is 1.20. The molecular formula is C26H34Cl2N2O6SSi. The van der Waals surface area contributed by atoms with E-state index in [4.69, 9.17) is 27.6 Å². The van der Waals surface area contributed by atoms with Crippen LogP contribution < -0.4 is 14.5 Å². The highest BCUT2D eigenvalue weighted by Crippen LogP contribution is 2.38. The van der Waals surface area contributed by atoms with Crippen LogP contribution in [-0.2, 0) is 19.6 Å². The molecule has 1 unspecified atom stereocenters. The number of hydrogen-bond donors (Lipinski definition) is 3. The van der Waals surface area contributed by atoms with Gasteiger partial charge in [-0.1, -0.05) is 56.1 Å². The molecule has 0 aromatic heterocycles. The number of benzene rings is 2. The Kier molecular flexibility index (Phi) is 9.38. The lowest BCUT2D eigenvalue weighted by molar-refractivity contribution is -0.148. The largest absolute Gasteiger partial charge is 0.544 e. The fraction of sp³-hybridized carbons (Fsp3) is 0.462. The van der Waals surface area contributed by atoms with Gasteiger partial charge in [0.05, 0.1) is 17.0 Å². The molecule has 1 aliphatic heterocycles. The smallest absolute Gasteiger partial charge is 0.316 e. The number of Topliss-reactive ketones (excluding diaryl/α,β-unsaturated/α-hetero) is 1. The van der Waals surface area contributed by atoms with Crippen molar-refractivity contribution in [2.75, 3.05) is 6.54 Å². The van der Waals surface area contributed by atoms with E-state index in [2.05, 4.69) is 43.9 Å². The van der Waals surface area contributed by atoms with E-state index in [9.17, 15) is 23.1 Å². The molecule has 3 rings (SSSR count). The van der Waals surface area contributed by atoms with Gasteiger partial charge in [-0.25, -0.2) is 13.1 Å². The Balaban J connectivity index is 2.04. The standard InChI is InChI=1S/C26H34Cl2N2O6SSi/c1-26(2,3)38(4,5)36-19-10-8-16(9-11-19)23(22(25(32)33)24(31)21-7-6-12-29-21)30-37(34,35)20-14-17(27)13-18(28)15-20/h8-11,13-15,21-23,29-30H,6-7,12H2,1-5H3,(H,32,33)/t21?,22-,23+/m0/s1. The summed E-state index contributed by atoms with van der Waals surface area (Å²) in [6.45, 7) is 11.1. The summed E-state index contributed by atoms with van der Waals surface area (Å²) in [5.74, 6) is -3.11. The molecule has 3 atom stereocenters. The van der Waals surface area contributed by atoms with Crippen LogP contribution in [0.25, 0.3) is 0 Å². The van der Waals surface area contributed by atoms with Crippen molar-refractivity contribution in [3.63, 3.8) is 0 Å². The Morgan fingerprint density at radius 2 is 1.68 bits per heavy atom. The van der Waals surface area contributed by atoms with E-state index < -0.39 is 48.1 Å². The van der Waals surface area contributed by atoms with E-state index >= 15 is 0 Å². The number of aliphatic carboxylic acids is 1. The predicted molar refractivity (Wildman–Crippen MR) is 151 cm³/mol. The van der Waals surface area contributed by atoms with Crippen LogP contribution in [0.5, 0.6) is 5.75 Å². The third-order valence-electron chi connectivity index (χ3n) is 7.16. The third kappa shape index (κ3) is 7.16. The molecule has 12 heteroatoms. The van der Waals surface area contributed by atoms with Crippen molar-refractivity contribution < 1.29 is 27.5 Å². The number of carboxylic acid groups (broad SMARTS) is 1. The second-order valence-corrected chi connectivity index (χ2v) is 18.3. The molecule has 0 radical (unpaired) electrons. The number of nitrogens with one attached hydrogen (secondary N) is 2. The van der Waals surface area contributed by atoms with Crippen molar-refractivity contribution in [1.29, 1.82) is 0 Å².